The molecule has 3 aromatic heterocycles. The number of likely N-dealkylation sites (tertiary alicyclic amines) is 1. The molecule has 288 valence electrons. The predicted octanol–water partition coefficient (Wildman–Crippen LogP) is 7.55. The van der Waals surface area contributed by atoms with Crippen molar-refractivity contribution in [2.24, 2.45) is 0 Å². The molecule has 54 heavy (non-hydrogen) atoms. The monoisotopic (exact) mass is 747 g/mol. The molecule has 3 fully saturated rings. The van der Waals surface area contributed by atoms with Crippen LogP contribution in [-0.4, -0.2) is 69.3 Å². The van der Waals surface area contributed by atoms with Crippen molar-refractivity contribution in [2.75, 3.05) is 30.8 Å². The number of ether oxygens (including phenoxy) is 1. The number of alkyl halides is 3. The van der Waals surface area contributed by atoms with Crippen LogP contribution in [0.15, 0.2) is 60.9 Å². The summed E-state index contributed by atoms with van der Waals surface area (Å²) in [7, 11) is 2.16. The van der Waals surface area contributed by atoms with E-state index in [1.165, 1.54) is 43.7 Å². The van der Waals surface area contributed by atoms with Crippen LogP contribution in [0.3, 0.4) is 0 Å². The molecule has 2 aliphatic heterocycles. The minimum absolute atomic E-state index is 0.174. The molecular formula is C40H48F3N7O4. The summed E-state index contributed by atoms with van der Waals surface area (Å²) in [5, 5.41) is 8.30. The van der Waals surface area contributed by atoms with Gasteiger partial charge in [-0.25, -0.2) is 9.97 Å². The number of pyridine rings is 2. The number of imide groups is 1. The van der Waals surface area contributed by atoms with Gasteiger partial charge in [-0.1, -0.05) is 37.5 Å². The summed E-state index contributed by atoms with van der Waals surface area (Å²) >= 11 is 0. The van der Waals surface area contributed by atoms with Gasteiger partial charge >= 0.3 is 6.18 Å². The lowest BCUT2D eigenvalue weighted by molar-refractivity contribution is -0.141. The maximum Gasteiger partial charge on any atom is 0.433 e. The molecule has 11 nitrogen and oxygen atoms in total. The minimum Gasteiger partial charge on any atom is -0.489 e. The molecule has 3 amide bonds. The SMILES string of the molecule is CC(C)Oc1cc2nc(C3CCCCC3)cn2cc1NC(=O)c1cccc(C(F)(F)F)n1.CN1CCC(c2cccc(NC3CCC(=O)NC3=O)c2)CC1. The number of nitrogens with zero attached hydrogens (tertiary/aromatic N) is 4. The van der Waals surface area contributed by atoms with Gasteiger partial charge in [0.1, 0.15) is 34.5 Å². The molecule has 1 aliphatic carbocycles. The van der Waals surface area contributed by atoms with E-state index in [9.17, 15) is 27.6 Å². The van der Waals surface area contributed by atoms with Crippen LogP contribution in [0, 0.1) is 0 Å². The summed E-state index contributed by atoms with van der Waals surface area (Å²) in [5.74, 6) is 0.250. The van der Waals surface area contributed by atoms with E-state index in [2.05, 4.69) is 45.0 Å². The molecule has 1 unspecified atom stereocenters. The van der Waals surface area contributed by atoms with Crippen LogP contribution in [0.5, 0.6) is 5.75 Å². The molecule has 3 aliphatic rings. The number of halogens is 3. The van der Waals surface area contributed by atoms with E-state index in [1.807, 2.05) is 36.6 Å². The number of aromatic nitrogens is 3. The summed E-state index contributed by atoms with van der Waals surface area (Å²) in [5.41, 5.74) is 2.88. The Kier molecular flexibility index (Phi) is 12.2. The maximum absolute atomic E-state index is 13.0. The van der Waals surface area contributed by atoms with Gasteiger partial charge < -0.3 is 24.7 Å². The largest absolute Gasteiger partial charge is 0.489 e. The number of rotatable bonds is 8. The van der Waals surface area contributed by atoms with Crippen LogP contribution < -0.4 is 20.7 Å². The summed E-state index contributed by atoms with van der Waals surface area (Å²) < 4.78 is 46.6. The van der Waals surface area contributed by atoms with Crippen molar-refractivity contribution in [2.45, 2.75) is 102 Å². The Labute approximate surface area is 313 Å². The number of amides is 3. The zero-order valence-electron chi connectivity index (χ0n) is 30.9. The van der Waals surface area contributed by atoms with Crippen molar-refractivity contribution in [3.63, 3.8) is 0 Å². The molecule has 0 bridgehead atoms. The van der Waals surface area contributed by atoms with Crippen molar-refractivity contribution in [1.29, 1.82) is 0 Å². The van der Waals surface area contributed by atoms with E-state index in [1.54, 1.807) is 12.3 Å². The van der Waals surface area contributed by atoms with Gasteiger partial charge in [-0.2, -0.15) is 13.2 Å². The fourth-order valence-electron chi connectivity index (χ4n) is 7.24. The zero-order valence-corrected chi connectivity index (χ0v) is 30.9. The first-order chi connectivity index (χ1) is 25.8. The third-order valence-corrected chi connectivity index (χ3v) is 10.1. The van der Waals surface area contributed by atoms with E-state index >= 15 is 0 Å². The lowest BCUT2D eigenvalue weighted by Crippen LogP contribution is -2.47. The Morgan fingerprint density at radius 3 is 2.37 bits per heavy atom. The number of hydrogen-bond acceptors (Lipinski definition) is 8. The van der Waals surface area contributed by atoms with Crippen LogP contribution in [0.25, 0.3) is 5.65 Å². The predicted molar refractivity (Wildman–Crippen MR) is 200 cm³/mol. The van der Waals surface area contributed by atoms with Crippen LogP contribution in [0.1, 0.15) is 111 Å². The zero-order chi connectivity index (χ0) is 38.4. The Bertz CT molecular complexity index is 1950. The van der Waals surface area contributed by atoms with Crippen molar-refractivity contribution < 1.29 is 32.3 Å². The van der Waals surface area contributed by atoms with E-state index in [-0.39, 0.29) is 29.7 Å². The van der Waals surface area contributed by atoms with Gasteiger partial charge in [0.2, 0.25) is 11.8 Å². The van der Waals surface area contributed by atoms with E-state index < -0.39 is 17.8 Å². The fourth-order valence-corrected chi connectivity index (χ4v) is 7.24. The number of nitrogens with one attached hydrogen (secondary N) is 3. The molecule has 14 heteroatoms. The van der Waals surface area contributed by atoms with Gasteiger partial charge in [-0.3, -0.25) is 19.7 Å². The van der Waals surface area contributed by atoms with Crippen LogP contribution >= 0.6 is 0 Å². The standard InChI is InChI=1S/C23H25F3N4O2.C17H23N3O2/c1-14(2)32-19-11-21-28-17(15-7-4-3-5-8-15)12-30(21)13-18(19)29-22(31)16-9-6-10-20(27-16)23(24,25)26;1-20-9-7-12(8-10-20)13-3-2-4-14(11-13)18-15-5-6-16(21)19-17(15)22/h6,9-15H,3-5,7-8H2,1-2H3,(H,29,31);2-4,11-12,15,18H,5-10H2,1H3,(H,19,21,22). The summed E-state index contributed by atoms with van der Waals surface area (Å²) in [6.45, 7) is 5.97. The van der Waals surface area contributed by atoms with Crippen molar-refractivity contribution in [3.8, 4) is 5.75 Å². The number of hydrogen-bond donors (Lipinski definition) is 3. The number of anilines is 2. The first-order valence-corrected chi connectivity index (χ1v) is 18.8. The smallest absolute Gasteiger partial charge is 0.433 e. The molecule has 2 saturated heterocycles. The van der Waals surface area contributed by atoms with Crippen LogP contribution in [-0.2, 0) is 15.8 Å². The fraction of sp³-hybridized carbons (Fsp3) is 0.475. The highest BCUT2D eigenvalue weighted by Gasteiger charge is 2.33. The van der Waals surface area contributed by atoms with Crippen molar-refractivity contribution in [1.82, 2.24) is 24.6 Å². The third-order valence-electron chi connectivity index (χ3n) is 10.1. The Morgan fingerprint density at radius 1 is 0.926 bits per heavy atom. The van der Waals surface area contributed by atoms with Gasteiger partial charge in [0.25, 0.3) is 5.91 Å². The van der Waals surface area contributed by atoms with E-state index in [0.29, 0.717) is 41.8 Å². The highest BCUT2D eigenvalue weighted by atomic mass is 19.4. The molecule has 5 heterocycles. The maximum atomic E-state index is 13.0. The first-order valence-electron chi connectivity index (χ1n) is 18.8. The molecule has 7 rings (SSSR count). The summed E-state index contributed by atoms with van der Waals surface area (Å²) in [6, 6.07) is 13.0. The Balaban J connectivity index is 0.000000197. The van der Waals surface area contributed by atoms with Crippen LogP contribution in [0.4, 0.5) is 24.5 Å². The topological polar surface area (TPSA) is 130 Å². The van der Waals surface area contributed by atoms with Crippen molar-refractivity contribution >= 4 is 34.7 Å². The molecule has 4 aromatic rings. The van der Waals surface area contributed by atoms with Gasteiger partial charge in [-0.05, 0) is 102 Å². The average molecular weight is 748 g/mol. The third kappa shape index (κ3) is 9.95. The van der Waals surface area contributed by atoms with E-state index in [0.717, 1.165) is 49.4 Å². The molecule has 0 radical (unpaired) electrons. The van der Waals surface area contributed by atoms with Gasteiger partial charge in [-0.15, -0.1) is 0 Å². The highest BCUT2D eigenvalue weighted by molar-refractivity contribution is 6.04. The molecule has 1 atom stereocenters. The molecule has 3 N–H and O–H groups in total. The molecule has 1 aromatic carbocycles. The summed E-state index contributed by atoms with van der Waals surface area (Å²) in [6.07, 6.45) is 7.96. The first kappa shape index (κ1) is 38.7. The minimum atomic E-state index is -4.63. The Hall–Kier alpha value is -4.98. The normalized spacial score (nSPS) is 18.9. The second-order valence-corrected chi connectivity index (χ2v) is 14.7. The molecular weight excluding hydrogens is 699 g/mol. The lowest BCUT2D eigenvalue weighted by Gasteiger charge is -2.29. The van der Waals surface area contributed by atoms with Crippen molar-refractivity contribution in [3.05, 3.63) is 83.6 Å². The lowest BCUT2D eigenvalue weighted by atomic mass is 9.87. The van der Waals surface area contributed by atoms with Crippen LogP contribution in [0.2, 0.25) is 0 Å². The second kappa shape index (κ2) is 17.0. The van der Waals surface area contributed by atoms with Gasteiger partial charge in [0.05, 0.1) is 11.8 Å². The number of carbonyl (C=O) groups is 3. The van der Waals surface area contributed by atoms with E-state index in [4.69, 9.17) is 9.72 Å². The van der Waals surface area contributed by atoms with Gasteiger partial charge in [0.15, 0.2) is 0 Å². The Morgan fingerprint density at radius 2 is 1.67 bits per heavy atom. The number of fused-ring (bicyclic) bond motifs is 1. The molecule has 1 saturated carbocycles. The summed E-state index contributed by atoms with van der Waals surface area (Å²) in [4.78, 5) is 46.3. The second-order valence-electron chi connectivity index (χ2n) is 14.7. The quantitative estimate of drug-likeness (QED) is 0.158. The number of piperidine rings is 2. The van der Waals surface area contributed by atoms with Gasteiger partial charge in [0, 0.05) is 36.5 Å². The molecule has 0 spiro atoms. The number of carbonyl (C=O) groups excluding carboxylic acids is 3. The highest BCUT2D eigenvalue weighted by Crippen LogP contribution is 2.35. The average Bonchev–Trinajstić information content (AvgIpc) is 3.56. The number of benzene rings is 1. The number of imidazole rings is 1.